The van der Waals surface area contributed by atoms with Crippen LogP contribution in [-0.4, -0.2) is 98.1 Å². The molecule has 3 fully saturated rings. The zero-order valence-electron chi connectivity index (χ0n) is 29.4. The maximum Gasteiger partial charge on any atom is 0.243 e. The van der Waals surface area contributed by atoms with Gasteiger partial charge < -0.3 is 35.2 Å². The highest BCUT2D eigenvalue weighted by molar-refractivity contribution is 5.95. The highest BCUT2D eigenvalue weighted by Gasteiger charge is 2.41. The summed E-state index contributed by atoms with van der Waals surface area (Å²) in [4.78, 5) is 59.0. The monoisotopic (exact) mass is 687 g/mol. The van der Waals surface area contributed by atoms with E-state index >= 15 is 0 Å². The third-order valence-electron chi connectivity index (χ3n) is 11.0. The molecule has 2 unspecified atom stereocenters. The van der Waals surface area contributed by atoms with Crippen molar-refractivity contribution in [1.29, 1.82) is 0 Å². The number of aryl methyl sites for hydroxylation is 2. The van der Waals surface area contributed by atoms with Crippen LogP contribution in [0.15, 0.2) is 48.5 Å². The van der Waals surface area contributed by atoms with Crippen LogP contribution in [0, 0.1) is 18.3 Å². The van der Waals surface area contributed by atoms with E-state index in [1.54, 1.807) is 0 Å². The predicted molar refractivity (Wildman–Crippen MR) is 189 cm³/mol. The van der Waals surface area contributed by atoms with Crippen LogP contribution in [0.25, 0.3) is 0 Å². The van der Waals surface area contributed by atoms with E-state index in [1.165, 1.54) is 0 Å². The lowest BCUT2D eigenvalue weighted by Gasteiger charge is -2.34. The van der Waals surface area contributed by atoms with Crippen molar-refractivity contribution in [3.05, 3.63) is 65.2 Å². The van der Waals surface area contributed by atoms with Gasteiger partial charge in [-0.1, -0.05) is 36.4 Å². The molecule has 4 aliphatic rings. The number of ether oxygens (including phenoxy) is 2. The van der Waals surface area contributed by atoms with Gasteiger partial charge >= 0.3 is 0 Å². The Kier molecular flexibility index (Phi) is 12.1. The number of rotatable bonds is 7. The molecule has 4 aliphatic heterocycles. The molecule has 50 heavy (non-hydrogen) atoms. The Balaban J connectivity index is 1.19. The molecule has 270 valence electrons. The fourth-order valence-electron chi connectivity index (χ4n) is 7.83. The number of amides is 4. The van der Waals surface area contributed by atoms with Crippen molar-refractivity contribution >= 4 is 23.6 Å². The predicted octanol–water partition coefficient (Wildman–Crippen LogP) is 3.13. The average molecular weight is 688 g/mol. The van der Waals surface area contributed by atoms with Gasteiger partial charge in [0.05, 0.1) is 19.6 Å². The van der Waals surface area contributed by atoms with Gasteiger partial charge in [0.15, 0.2) is 0 Å². The van der Waals surface area contributed by atoms with E-state index < -0.39 is 18.0 Å². The molecule has 2 aromatic carbocycles. The number of fused-ring (bicyclic) bond motifs is 4. The zero-order chi connectivity index (χ0) is 34.9. The lowest BCUT2D eigenvalue weighted by molar-refractivity contribution is -0.138. The summed E-state index contributed by atoms with van der Waals surface area (Å²) in [5, 5.41) is 8.86. The molecule has 1 spiro atoms. The summed E-state index contributed by atoms with van der Waals surface area (Å²) < 4.78 is 11.8. The molecule has 4 heterocycles. The minimum Gasteiger partial charge on any atom is -0.494 e. The van der Waals surface area contributed by atoms with Crippen LogP contribution >= 0.6 is 0 Å². The van der Waals surface area contributed by atoms with Crippen molar-refractivity contribution < 1.29 is 28.7 Å². The Morgan fingerprint density at radius 3 is 2.70 bits per heavy atom. The molecule has 0 aromatic heterocycles. The molecule has 3 N–H and O–H groups in total. The van der Waals surface area contributed by atoms with Gasteiger partial charge in [0.25, 0.3) is 0 Å². The van der Waals surface area contributed by atoms with E-state index in [1.807, 2.05) is 60.4 Å². The van der Waals surface area contributed by atoms with Crippen LogP contribution in [-0.2, 0) is 36.9 Å². The molecule has 0 radical (unpaired) electrons. The van der Waals surface area contributed by atoms with Crippen LogP contribution in [0.4, 0.5) is 0 Å². The van der Waals surface area contributed by atoms with Crippen LogP contribution in [0.1, 0.15) is 68.1 Å². The molecule has 4 bridgehead atoms. The smallest absolute Gasteiger partial charge is 0.243 e. The first-order valence-corrected chi connectivity index (χ1v) is 18.5. The number of nitrogens with one attached hydrogen (secondary N) is 3. The molecular weight excluding hydrogens is 634 g/mol. The first-order valence-electron chi connectivity index (χ1n) is 18.5. The summed E-state index contributed by atoms with van der Waals surface area (Å²) in [6.45, 7) is 7.97. The fraction of sp³-hybridized carbons (Fsp3) is 0.590. The minimum atomic E-state index is -1.10. The van der Waals surface area contributed by atoms with Crippen molar-refractivity contribution in [1.82, 2.24) is 25.8 Å². The molecule has 4 atom stereocenters. The second kappa shape index (κ2) is 16.8. The highest BCUT2D eigenvalue weighted by atomic mass is 16.5. The van der Waals surface area contributed by atoms with Gasteiger partial charge in [-0.25, -0.2) is 0 Å². The van der Waals surface area contributed by atoms with Gasteiger partial charge in [-0.05, 0) is 93.2 Å². The Bertz CT molecular complexity index is 1500. The summed E-state index contributed by atoms with van der Waals surface area (Å²) in [5.74, 6) is -0.269. The fourth-order valence-corrected chi connectivity index (χ4v) is 7.83. The third-order valence-corrected chi connectivity index (χ3v) is 11.0. The van der Waals surface area contributed by atoms with Crippen molar-refractivity contribution in [2.45, 2.75) is 83.3 Å². The number of likely N-dealkylation sites (tertiary alicyclic amines) is 1. The minimum absolute atomic E-state index is 0.165. The lowest BCUT2D eigenvalue weighted by atomic mass is 9.87. The van der Waals surface area contributed by atoms with Gasteiger partial charge in [-0.3, -0.25) is 19.2 Å². The van der Waals surface area contributed by atoms with E-state index in [2.05, 4.69) is 20.9 Å². The van der Waals surface area contributed by atoms with Crippen molar-refractivity contribution in [2.24, 2.45) is 11.3 Å². The second-order valence-electron chi connectivity index (χ2n) is 14.8. The quantitative estimate of drug-likeness (QED) is 0.408. The molecule has 0 saturated carbocycles. The molecule has 4 amide bonds. The van der Waals surface area contributed by atoms with Gasteiger partial charge in [-0.2, -0.15) is 0 Å². The summed E-state index contributed by atoms with van der Waals surface area (Å²) in [5.41, 5.74) is 3.21. The standard InChI is InChI=1S/C39H53N5O6/c1-28-9-11-32-22-31(28)24-40-37(47)33(12-10-29-6-3-2-4-7-29)42-38(48)34(23-36(46)44-17-5-8-30(25-44)14-20-50-32)41-35(45)13-18-43-19-15-39(26-43)16-21-49-27-39/h2-4,6-7,9,11,22,30,33-34H,5,8,10,12-21,23-27H2,1H3,(H,40,47)(H,41,45)(H,42,48)/t30?,33-,34-,39?/m0/s1. The van der Waals surface area contributed by atoms with Crippen molar-refractivity contribution in [3.63, 3.8) is 0 Å². The van der Waals surface area contributed by atoms with E-state index in [0.717, 1.165) is 80.8 Å². The van der Waals surface area contributed by atoms with Crippen LogP contribution in [0.2, 0.25) is 0 Å². The molecule has 0 aliphatic carbocycles. The van der Waals surface area contributed by atoms with Crippen molar-refractivity contribution in [3.8, 4) is 5.75 Å². The van der Waals surface area contributed by atoms with Gasteiger partial charge in [0, 0.05) is 51.2 Å². The van der Waals surface area contributed by atoms with Crippen LogP contribution in [0.3, 0.4) is 0 Å². The summed E-state index contributed by atoms with van der Waals surface area (Å²) in [6.07, 6.45) is 5.77. The molecule has 6 rings (SSSR count). The number of nitrogens with zero attached hydrogens (tertiary/aromatic N) is 2. The van der Waals surface area contributed by atoms with Gasteiger partial charge in [0.2, 0.25) is 23.6 Å². The highest BCUT2D eigenvalue weighted by Crippen LogP contribution is 2.38. The topological polar surface area (TPSA) is 129 Å². The van der Waals surface area contributed by atoms with Gasteiger partial charge in [-0.15, -0.1) is 0 Å². The van der Waals surface area contributed by atoms with E-state index in [9.17, 15) is 19.2 Å². The molecule has 3 saturated heterocycles. The Hall–Kier alpha value is -3.96. The second-order valence-corrected chi connectivity index (χ2v) is 14.8. The number of benzene rings is 2. The van der Waals surface area contributed by atoms with Gasteiger partial charge in [0.1, 0.15) is 17.8 Å². The van der Waals surface area contributed by atoms with Crippen molar-refractivity contribution in [2.75, 3.05) is 52.5 Å². The summed E-state index contributed by atoms with van der Waals surface area (Å²) in [7, 11) is 0. The number of hydrogen-bond donors (Lipinski definition) is 3. The largest absolute Gasteiger partial charge is 0.494 e. The first-order chi connectivity index (χ1) is 24.2. The summed E-state index contributed by atoms with van der Waals surface area (Å²) >= 11 is 0. The molecule has 2 aromatic rings. The maximum atomic E-state index is 14.0. The SMILES string of the molecule is Cc1ccc2cc1CNC(=O)[C@H](CCc1ccccc1)NC(=O)[C@@H](NC(=O)CCN1CCC3(CCOC3)C1)CC(=O)N1CCCC(CCO2)C1. The third kappa shape index (κ3) is 9.63. The van der Waals surface area contributed by atoms with E-state index in [4.69, 9.17) is 9.47 Å². The Morgan fingerprint density at radius 2 is 1.88 bits per heavy atom. The lowest BCUT2D eigenvalue weighted by Crippen LogP contribution is -2.55. The summed E-state index contributed by atoms with van der Waals surface area (Å²) in [6, 6.07) is 13.7. The average Bonchev–Trinajstić information content (AvgIpc) is 3.77. The Labute approximate surface area is 295 Å². The first kappa shape index (κ1) is 35.9. The van der Waals surface area contributed by atoms with E-state index in [-0.39, 0.29) is 48.4 Å². The number of piperidine rings is 1. The number of hydrogen-bond acceptors (Lipinski definition) is 7. The van der Waals surface area contributed by atoms with Crippen LogP contribution < -0.4 is 20.7 Å². The van der Waals surface area contributed by atoms with Crippen LogP contribution in [0.5, 0.6) is 5.75 Å². The molecular formula is C39H53N5O6. The molecule has 11 heteroatoms. The molecule has 11 nitrogen and oxygen atoms in total. The van der Waals surface area contributed by atoms with E-state index in [0.29, 0.717) is 39.1 Å². The number of carbonyl (C=O) groups excluding carboxylic acids is 4. The maximum absolute atomic E-state index is 14.0. The number of carbonyl (C=O) groups is 4. The normalized spacial score (nSPS) is 26.9. The Morgan fingerprint density at radius 1 is 1.02 bits per heavy atom. The zero-order valence-corrected chi connectivity index (χ0v) is 29.4.